The quantitative estimate of drug-likeness (QED) is 0.805. The van der Waals surface area contributed by atoms with Gasteiger partial charge in [-0.3, -0.25) is 0 Å². The van der Waals surface area contributed by atoms with Crippen LogP contribution in [0.3, 0.4) is 0 Å². The predicted octanol–water partition coefficient (Wildman–Crippen LogP) is 2.28. The highest BCUT2D eigenvalue weighted by Crippen LogP contribution is 2.24. The molecular formula is C9H7F3N4OS. The smallest absolute Gasteiger partial charge is 0.406 e. The summed E-state index contributed by atoms with van der Waals surface area (Å²) in [5, 5.41) is 11.5. The third-order valence-electron chi connectivity index (χ3n) is 1.94. The lowest BCUT2D eigenvalue weighted by atomic mass is 10.3. The van der Waals surface area contributed by atoms with Gasteiger partial charge in [0.1, 0.15) is 5.75 Å². The first-order valence-electron chi connectivity index (χ1n) is 4.68. The van der Waals surface area contributed by atoms with E-state index in [1.807, 2.05) is 0 Å². The summed E-state index contributed by atoms with van der Waals surface area (Å²) < 4.78 is 41.1. The minimum absolute atomic E-state index is 0.287. The zero-order valence-electron chi connectivity index (χ0n) is 9.05. The van der Waals surface area contributed by atoms with Crippen molar-refractivity contribution < 1.29 is 17.9 Å². The van der Waals surface area contributed by atoms with Crippen molar-refractivity contribution in [2.45, 2.75) is 11.5 Å². The van der Waals surface area contributed by atoms with Crippen molar-refractivity contribution in [1.29, 1.82) is 0 Å². The molecule has 0 aliphatic carbocycles. The second-order valence-electron chi connectivity index (χ2n) is 3.12. The Labute approximate surface area is 104 Å². The maximum absolute atomic E-state index is 12.0. The number of aromatic nitrogens is 4. The van der Waals surface area contributed by atoms with E-state index in [1.165, 1.54) is 40.7 Å². The van der Waals surface area contributed by atoms with Crippen molar-refractivity contribution in [3.63, 3.8) is 0 Å². The molecule has 0 amide bonds. The first-order valence-corrected chi connectivity index (χ1v) is 5.90. The van der Waals surface area contributed by atoms with Crippen molar-refractivity contribution in [2.24, 2.45) is 0 Å². The fourth-order valence-corrected chi connectivity index (χ4v) is 1.69. The number of tetrazole rings is 1. The van der Waals surface area contributed by atoms with Gasteiger partial charge in [0.25, 0.3) is 0 Å². The molecule has 0 saturated heterocycles. The van der Waals surface area contributed by atoms with Gasteiger partial charge < -0.3 is 4.74 Å². The summed E-state index contributed by atoms with van der Waals surface area (Å²) >= 11 is 1.33. The van der Waals surface area contributed by atoms with E-state index >= 15 is 0 Å². The van der Waals surface area contributed by atoms with Crippen LogP contribution in [-0.4, -0.2) is 32.8 Å². The molecule has 0 fully saturated rings. The fourth-order valence-electron chi connectivity index (χ4n) is 1.26. The van der Waals surface area contributed by atoms with Gasteiger partial charge in [-0.25, -0.2) is 0 Å². The molecule has 1 aromatic carbocycles. The third kappa shape index (κ3) is 2.92. The summed E-state index contributed by atoms with van der Waals surface area (Å²) in [5.74, 6) is -0.287. The first-order chi connectivity index (χ1) is 8.49. The second kappa shape index (κ2) is 4.84. The zero-order chi connectivity index (χ0) is 13.2. The maximum Gasteiger partial charge on any atom is 0.573 e. The number of hydrogen-bond acceptors (Lipinski definition) is 5. The molecule has 0 radical (unpaired) electrons. The number of alkyl halides is 3. The lowest BCUT2D eigenvalue weighted by Gasteiger charge is -2.09. The molecule has 0 bridgehead atoms. The summed E-state index contributed by atoms with van der Waals surface area (Å²) in [5.41, 5.74) is 0.555. The predicted molar refractivity (Wildman–Crippen MR) is 57.6 cm³/mol. The minimum atomic E-state index is -4.69. The van der Waals surface area contributed by atoms with Crippen molar-refractivity contribution in [3.05, 3.63) is 24.3 Å². The first kappa shape index (κ1) is 12.7. The molecule has 2 rings (SSSR count). The third-order valence-corrected chi connectivity index (χ3v) is 2.56. The SMILES string of the molecule is CSc1nnnn1-c1ccc(OC(F)(F)F)cc1. The van der Waals surface area contributed by atoms with E-state index in [-0.39, 0.29) is 5.75 Å². The van der Waals surface area contributed by atoms with Gasteiger partial charge in [-0.1, -0.05) is 11.8 Å². The van der Waals surface area contributed by atoms with Crippen LogP contribution in [0, 0.1) is 0 Å². The zero-order valence-corrected chi connectivity index (χ0v) is 9.87. The van der Waals surface area contributed by atoms with Crippen molar-refractivity contribution in [2.75, 3.05) is 6.26 Å². The molecule has 0 saturated carbocycles. The normalized spacial score (nSPS) is 11.6. The van der Waals surface area contributed by atoms with Crippen LogP contribution in [0.2, 0.25) is 0 Å². The second-order valence-corrected chi connectivity index (χ2v) is 3.89. The highest BCUT2D eigenvalue weighted by Gasteiger charge is 2.31. The molecule has 0 N–H and O–H groups in total. The van der Waals surface area contributed by atoms with Crippen molar-refractivity contribution in [1.82, 2.24) is 20.2 Å². The van der Waals surface area contributed by atoms with E-state index in [4.69, 9.17) is 0 Å². The number of nitrogens with zero attached hydrogens (tertiary/aromatic N) is 4. The van der Waals surface area contributed by atoms with Crippen LogP contribution in [0.25, 0.3) is 5.69 Å². The molecule has 0 aliphatic heterocycles. The van der Waals surface area contributed by atoms with Gasteiger partial charge in [-0.05, 0) is 40.9 Å². The molecule has 18 heavy (non-hydrogen) atoms. The number of ether oxygens (including phenoxy) is 1. The topological polar surface area (TPSA) is 52.8 Å². The fraction of sp³-hybridized carbons (Fsp3) is 0.222. The van der Waals surface area contributed by atoms with Crippen LogP contribution in [-0.2, 0) is 0 Å². The minimum Gasteiger partial charge on any atom is -0.406 e. The molecule has 9 heteroatoms. The van der Waals surface area contributed by atoms with Crippen LogP contribution in [0.1, 0.15) is 0 Å². The Kier molecular flexibility index (Phi) is 3.41. The molecular weight excluding hydrogens is 269 g/mol. The Hall–Kier alpha value is -1.77. The van der Waals surface area contributed by atoms with Gasteiger partial charge in [-0.2, -0.15) is 4.68 Å². The van der Waals surface area contributed by atoms with Gasteiger partial charge >= 0.3 is 6.36 Å². The molecule has 2 aromatic rings. The highest BCUT2D eigenvalue weighted by atomic mass is 32.2. The number of benzene rings is 1. The average molecular weight is 276 g/mol. The van der Waals surface area contributed by atoms with Crippen LogP contribution in [0.5, 0.6) is 5.75 Å². The summed E-state index contributed by atoms with van der Waals surface area (Å²) in [6.07, 6.45) is -2.90. The monoisotopic (exact) mass is 276 g/mol. The Morgan fingerprint density at radius 2 is 1.89 bits per heavy atom. The summed E-state index contributed by atoms with van der Waals surface area (Å²) in [7, 11) is 0. The number of hydrogen-bond donors (Lipinski definition) is 0. The standard InChI is InChI=1S/C9H7F3N4OS/c1-18-8-13-14-15-16(8)6-2-4-7(5-3-6)17-9(10,11)12/h2-5H,1H3. The Balaban J connectivity index is 2.23. The lowest BCUT2D eigenvalue weighted by Crippen LogP contribution is -2.17. The summed E-state index contributed by atoms with van der Waals surface area (Å²) in [6.45, 7) is 0. The van der Waals surface area contributed by atoms with Gasteiger partial charge in [0.2, 0.25) is 5.16 Å². The Morgan fingerprint density at radius 1 is 1.22 bits per heavy atom. The summed E-state index contributed by atoms with van der Waals surface area (Å²) in [6, 6.07) is 5.29. The van der Waals surface area contributed by atoms with Crippen LogP contribution in [0.15, 0.2) is 29.4 Å². The van der Waals surface area contributed by atoms with E-state index in [9.17, 15) is 13.2 Å². The molecule has 0 spiro atoms. The molecule has 1 heterocycles. The molecule has 96 valence electrons. The molecule has 0 aliphatic rings. The Morgan fingerprint density at radius 3 is 2.44 bits per heavy atom. The molecule has 1 aromatic heterocycles. The lowest BCUT2D eigenvalue weighted by molar-refractivity contribution is -0.274. The van der Waals surface area contributed by atoms with Gasteiger partial charge in [0.05, 0.1) is 5.69 Å². The van der Waals surface area contributed by atoms with Gasteiger partial charge in [-0.15, -0.1) is 18.3 Å². The number of halogens is 3. The van der Waals surface area contributed by atoms with E-state index in [1.54, 1.807) is 6.26 Å². The number of rotatable bonds is 3. The van der Waals surface area contributed by atoms with Gasteiger partial charge in [0, 0.05) is 0 Å². The Bertz CT molecular complexity index is 525. The number of thioether (sulfide) groups is 1. The van der Waals surface area contributed by atoms with E-state index in [0.29, 0.717) is 10.8 Å². The van der Waals surface area contributed by atoms with Crippen LogP contribution in [0.4, 0.5) is 13.2 Å². The highest BCUT2D eigenvalue weighted by molar-refractivity contribution is 7.98. The largest absolute Gasteiger partial charge is 0.573 e. The molecule has 0 unspecified atom stereocenters. The van der Waals surface area contributed by atoms with E-state index in [2.05, 4.69) is 20.3 Å². The average Bonchev–Trinajstić information content (AvgIpc) is 2.76. The van der Waals surface area contributed by atoms with E-state index in [0.717, 1.165) is 0 Å². The van der Waals surface area contributed by atoms with Crippen molar-refractivity contribution in [3.8, 4) is 11.4 Å². The van der Waals surface area contributed by atoms with Gasteiger partial charge in [0.15, 0.2) is 0 Å². The summed E-state index contributed by atoms with van der Waals surface area (Å²) in [4.78, 5) is 0. The molecule has 0 atom stereocenters. The molecule has 5 nitrogen and oxygen atoms in total. The van der Waals surface area contributed by atoms with E-state index < -0.39 is 6.36 Å². The maximum atomic E-state index is 12.0. The van der Waals surface area contributed by atoms with Crippen LogP contribution >= 0.6 is 11.8 Å². The van der Waals surface area contributed by atoms with Crippen molar-refractivity contribution >= 4 is 11.8 Å². The van der Waals surface area contributed by atoms with Crippen LogP contribution < -0.4 is 4.74 Å².